The first-order chi connectivity index (χ1) is 9.20. The fraction of sp³-hybridized carbons (Fsp3) is 0.333. The number of rotatable bonds is 5. The molecule has 0 saturated carbocycles. The summed E-state index contributed by atoms with van der Waals surface area (Å²) in [6.07, 6.45) is -4.99. The molecule has 2 N–H and O–H groups in total. The lowest BCUT2D eigenvalue weighted by atomic mass is 10.2. The monoisotopic (exact) mass is 290 g/mol. The molecule has 0 heterocycles. The highest BCUT2D eigenvalue weighted by molar-refractivity contribution is 5.95. The third-order valence-corrected chi connectivity index (χ3v) is 2.48. The predicted octanol–water partition coefficient (Wildman–Crippen LogP) is 2.10. The molecule has 0 aliphatic carbocycles. The van der Waals surface area contributed by atoms with Gasteiger partial charge in [0, 0.05) is 25.0 Å². The Labute approximate surface area is 113 Å². The Hall–Kier alpha value is -2.25. The Morgan fingerprint density at radius 3 is 2.25 bits per heavy atom. The molecule has 1 amide bonds. The van der Waals surface area contributed by atoms with E-state index in [-0.39, 0.29) is 18.7 Å². The maximum Gasteiger partial charge on any atom is 0.471 e. The first-order valence-electron chi connectivity index (χ1n) is 5.61. The number of benzene rings is 1. The highest BCUT2D eigenvalue weighted by Gasteiger charge is 2.38. The van der Waals surface area contributed by atoms with Crippen molar-refractivity contribution in [1.82, 2.24) is 0 Å². The molecule has 0 radical (unpaired) electrons. The van der Waals surface area contributed by atoms with Crippen LogP contribution in [0.5, 0.6) is 0 Å². The first kappa shape index (κ1) is 15.8. The molecule has 8 heteroatoms. The number of nitrogens with zero attached hydrogens (tertiary/aromatic N) is 1. The van der Waals surface area contributed by atoms with Crippen LogP contribution in [0.2, 0.25) is 0 Å². The summed E-state index contributed by atoms with van der Waals surface area (Å²) in [6.45, 7) is 0.267. The average Bonchev–Trinajstić information content (AvgIpc) is 2.35. The van der Waals surface area contributed by atoms with Gasteiger partial charge in [-0.15, -0.1) is 0 Å². The van der Waals surface area contributed by atoms with Gasteiger partial charge < -0.3 is 15.3 Å². The Morgan fingerprint density at radius 2 is 1.80 bits per heavy atom. The number of carboxylic acids is 1. The molecule has 0 aliphatic rings. The summed E-state index contributed by atoms with van der Waals surface area (Å²) < 4.78 is 36.1. The minimum absolute atomic E-state index is 0.0164. The van der Waals surface area contributed by atoms with Gasteiger partial charge in [0.15, 0.2) is 0 Å². The molecule has 1 aromatic rings. The van der Waals surface area contributed by atoms with Gasteiger partial charge in [0.1, 0.15) is 0 Å². The van der Waals surface area contributed by atoms with Crippen molar-refractivity contribution < 1.29 is 27.9 Å². The fourth-order valence-electron chi connectivity index (χ4n) is 1.39. The van der Waals surface area contributed by atoms with Gasteiger partial charge in [0.05, 0.1) is 6.42 Å². The SMILES string of the molecule is CN(CCC(=O)O)c1ccc(NC(=O)C(F)(F)F)cc1. The quantitative estimate of drug-likeness (QED) is 0.871. The molecule has 20 heavy (non-hydrogen) atoms. The average molecular weight is 290 g/mol. The van der Waals surface area contributed by atoms with Crippen molar-refractivity contribution >= 4 is 23.3 Å². The van der Waals surface area contributed by atoms with Crippen LogP contribution in [0.3, 0.4) is 0 Å². The smallest absolute Gasteiger partial charge is 0.471 e. The molecule has 0 fully saturated rings. The summed E-state index contributed by atoms with van der Waals surface area (Å²) >= 11 is 0. The van der Waals surface area contributed by atoms with Gasteiger partial charge in [-0.1, -0.05) is 0 Å². The van der Waals surface area contributed by atoms with Gasteiger partial charge in [-0.3, -0.25) is 9.59 Å². The van der Waals surface area contributed by atoms with Gasteiger partial charge >= 0.3 is 18.1 Å². The second-order valence-electron chi connectivity index (χ2n) is 4.06. The maximum absolute atomic E-state index is 12.0. The highest BCUT2D eigenvalue weighted by atomic mass is 19.4. The number of carbonyl (C=O) groups excluding carboxylic acids is 1. The molecule has 5 nitrogen and oxygen atoms in total. The van der Waals surface area contributed by atoms with E-state index in [0.717, 1.165) is 0 Å². The van der Waals surface area contributed by atoms with Crippen LogP contribution in [0, 0.1) is 0 Å². The topological polar surface area (TPSA) is 69.6 Å². The van der Waals surface area contributed by atoms with Crippen molar-refractivity contribution in [3.63, 3.8) is 0 Å². The summed E-state index contributed by atoms with van der Waals surface area (Å²) in [4.78, 5) is 22.8. The van der Waals surface area contributed by atoms with E-state index in [2.05, 4.69) is 0 Å². The lowest BCUT2D eigenvalue weighted by Crippen LogP contribution is -2.29. The van der Waals surface area contributed by atoms with Crippen LogP contribution in [0.25, 0.3) is 0 Å². The van der Waals surface area contributed by atoms with Crippen molar-refractivity contribution in [3.05, 3.63) is 24.3 Å². The number of hydrogen-bond acceptors (Lipinski definition) is 3. The molecule has 0 atom stereocenters. The van der Waals surface area contributed by atoms with Crippen molar-refractivity contribution in [1.29, 1.82) is 0 Å². The van der Waals surface area contributed by atoms with Crippen molar-refractivity contribution in [3.8, 4) is 0 Å². The molecular formula is C12H13F3N2O3. The second-order valence-corrected chi connectivity index (χ2v) is 4.06. The van der Waals surface area contributed by atoms with Gasteiger partial charge in [-0.25, -0.2) is 0 Å². The van der Waals surface area contributed by atoms with Crippen LogP contribution >= 0.6 is 0 Å². The van der Waals surface area contributed by atoms with Gasteiger partial charge in [-0.2, -0.15) is 13.2 Å². The van der Waals surface area contributed by atoms with Crippen LogP contribution in [-0.2, 0) is 9.59 Å². The molecule has 1 rings (SSSR count). The Morgan fingerprint density at radius 1 is 1.25 bits per heavy atom. The number of halogens is 3. The normalized spacial score (nSPS) is 11.0. The number of carbonyl (C=O) groups is 2. The number of aliphatic carboxylic acids is 1. The van der Waals surface area contributed by atoms with Crippen LogP contribution in [0.1, 0.15) is 6.42 Å². The van der Waals surface area contributed by atoms with Crippen LogP contribution in [-0.4, -0.2) is 36.8 Å². The summed E-state index contributed by atoms with van der Waals surface area (Å²) in [5, 5.41) is 10.3. The van der Waals surface area contributed by atoms with E-state index in [0.29, 0.717) is 5.69 Å². The van der Waals surface area contributed by atoms with Crippen molar-refractivity contribution in [2.24, 2.45) is 0 Å². The van der Waals surface area contributed by atoms with E-state index < -0.39 is 18.1 Å². The zero-order chi connectivity index (χ0) is 15.3. The summed E-state index contributed by atoms with van der Waals surface area (Å²) in [6, 6.07) is 5.62. The molecule has 0 saturated heterocycles. The van der Waals surface area contributed by atoms with Crippen LogP contribution in [0.4, 0.5) is 24.5 Å². The lowest BCUT2D eigenvalue weighted by molar-refractivity contribution is -0.167. The van der Waals surface area contributed by atoms with Gasteiger partial charge in [0.25, 0.3) is 0 Å². The Balaban J connectivity index is 2.64. The maximum atomic E-state index is 12.0. The molecule has 0 spiro atoms. The van der Waals surface area contributed by atoms with Crippen LogP contribution in [0.15, 0.2) is 24.3 Å². The number of amides is 1. The molecule has 0 unspecified atom stereocenters. The van der Waals surface area contributed by atoms with Crippen molar-refractivity contribution in [2.45, 2.75) is 12.6 Å². The van der Waals surface area contributed by atoms with Crippen LogP contribution < -0.4 is 10.2 Å². The van der Waals surface area contributed by atoms with E-state index in [9.17, 15) is 22.8 Å². The van der Waals surface area contributed by atoms with Gasteiger partial charge in [0.2, 0.25) is 0 Å². The Kier molecular flexibility index (Phi) is 4.95. The molecule has 0 aromatic heterocycles. The number of anilines is 2. The number of alkyl halides is 3. The summed E-state index contributed by atoms with van der Waals surface area (Å²) in [5.41, 5.74) is 0.652. The zero-order valence-corrected chi connectivity index (χ0v) is 10.6. The molecule has 110 valence electrons. The van der Waals surface area contributed by atoms with E-state index in [1.54, 1.807) is 17.3 Å². The lowest BCUT2D eigenvalue weighted by Gasteiger charge is -2.18. The number of hydrogen-bond donors (Lipinski definition) is 2. The Bertz CT molecular complexity index is 486. The number of carboxylic acid groups (broad SMARTS) is 1. The van der Waals surface area contributed by atoms with E-state index in [4.69, 9.17) is 5.11 Å². The molecule has 1 aromatic carbocycles. The standard InChI is InChI=1S/C12H13F3N2O3/c1-17(7-6-10(18)19)9-4-2-8(3-5-9)16-11(20)12(13,14)15/h2-5H,6-7H2,1H3,(H,16,20)(H,18,19). The van der Waals surface area contributed by atoms with E-state index in [1.807, 2.05) is 0 Å². The van der Waals surface area contributed by atoms with E-state index >= 15 is 0 Å². The largest absolute Gasteiger partial charge is 0.481 e. The molecule has 0 bridgehead atoms. The fourth-order valence-corrected chi connectivity index (χ4v) is 1.39. The zero-order valence-electron chi connectivity index (χ0n) is 10.6. The molecule has 0 aliphatic heterocycles. The third kappa shape index (κ3) is 4.79. The minimum atomic E-state index is -4.93. The minimum Gasteiger partial charge on any atom is -0.481 e. The highest BCUT2D eigenvalue weighted by Crippen LogP contribution is 2.20. The summed E-state index contributed by atoms with van der Waals surface area (Å²) in [5.74, 6) is -2.98. The summed E-state index contributed by atoms with van der Waals surface area (Å²) in [7, 11) is 1.66. The first-order valence-corrected chi connectivity index (χ1v) is 5.61. The second kappa shape index (κ2) is 6.27. The van der Waals surface area contributed by atoms with E-state index in [1.165, 1.54) is 24.3 Å². The predicted molar refractivity (Wildman–Crippen MR) is 66.6 cm³/mol. The number of nitrogens with one attached hydrogen (secondary N) is 1. The van der Waals surface area contributed by atoms with Crippen molar-refractivity contribution in [2.75, 3.05) is 23.8 Å². The molecular weight excluding hydrogens is 277 g/mol. The van der Waals surface area contributed by atoms with Gasteiger partial charge in [-0.05, 0) is 24.3 Å². The third-order valence-electron chi connectivity index (χ3n) is 2.48.